The van der Waals surface area contributed by atoms with Gasteiger partial charge in [-0.2, -0.15) is 0 Å². The van der Waals surface area contributed by atoms with Gasteiger partial charge < -0.3 is 20.3 Å². The van der Waals surface area contributed by atoms with Crippen molar-refractivity contribution in [3.05, 3.63) is 28.9 Å². The minimum Gasteiger partial charge on any atom is -0.396 e. The summed E-state index contributed by atoms with van der Waals surface area (Å²) >= 11 is 6.18. The Labute approximate surface area is 171 Å². The zero-order valence-corrected chi connectivity index (χ0v) is 16.5. The maximum atomic E-state index is 14.4. The minimum atomic E-state index is -0.555. The highest BCUT2D eigenvalue weighted by atomic mass is 35.5. The van der Waals surface area contributed by atoms with E-state index in [1.54, 1.807) is 11.1 Å². The number of H-pyrrole nitrogens is 1. The molecule has 29 heavy (non-hydrogen) atoms. The molecule has 2 aromatic heterocycles. The molecule has 0 spiro atoms. The molecule has 0 aliphatic carbocycles. The van der Waals surface area contributed by atoms with Crippen LogP contribution in [0.5, 0.6) is 0 Å². The molecule has 2 aliphatic rings. The van der Waals surface area contributed by atoms with E-state index >= 15 is 0 Å². The van der Waals surface area contributed by atoms with Gasteiger partial charge in [0, 0.05) is 42.5 Å². The number of nitrogens with zero attached hydrogens (tertiary/aromatic N) is 4. The summed E-state index contributed by atoms with van der Waals surface area (Å²) in [5.41, 5.74) is 1.42. The van der Waals surface area contributed by atoms with E-state index in [2.05, 4.69) is 25.3 Å². The number of aromatic amines is 1. The van der Waals surface area contributed by atoms with Crippen molar-refractivity contribution in [3.8, 4) is 11.4 Å². The Kier molecular flexibility index (Phi) is 5.77. The predicted octanol–water partition coefficient (Wildman–Crippen LogP) is 0.417. The number of carbonyl (C=O) groups is 1. The number of aliphatic hydroxyl groups is 1. The fraction of sp³-hybridized carbons (Fsp3) is 0.474. The molecule has 1 amide bonds. The lowest BCUT2D eigenvalue weighted by Crippen LogP contribution is -2.45. The maximum absolute atomic E-state index is 14.4. The van der Waals surface area contributed by atoms with Crippen molar-refractivity contribution >= 4 is 29.4 Å². The molecule has 154 valence electrons. The van der Waals surface area contributed by atoms with Gasteiger partial charge in [-0.25, -0.2) is 14.4 Å². The molecule has 8 nitrogen and oxygen atoms in total. The first-order valence-electron chi connectivity index (χ1n) is 9.61. The van der Waals surface area contributed by atoms with Crippen LogP contribution in [0.3, 0.4) is 0 Å². The number of hydrogen-bond donors (Lipinski definition) is 3. The van der Waals surface area contributed by atoms with E-state index in [1.165, 1.54) is 0 Å². The van der Waals surface area contributed by atoms with Crippen molar-refractivity contribution in [2.75, 3.05) is 31.6 Å². The van der Waals surface area contributed by atoms with Crippen molar-refractivity contribution in [3.63, 3.8) is 0 Å². The van der Waals surface area contributed by atoms with Crippen LogP contribution in [0.2, 0.25) is 0 Å². The van der Waals surface area contributed by atoms with Gasteiger partial charge in [-0.15, -0.1) is 11.6 Å². The number of piperidine rings is 1. The molecule has 0 aromatic carbocycles. The highest BCUT2D eigenvalue weighted by Crippen LogP contribution is 2.20. The normalized spacial score (nSPS) is 21.1. The topological polar surface area (TPSA) is 106 Å². The van der Waals surface area contributed by atoms with Gasteiger partial charge >= 0.3 is 0 Å². The van der Waals surface area contributed by atoms with Gasteiger partial charge in [-0.3, -0.25) is 9.79 Å². The van der Waals surface area contributed by atoms with E-state index in [4.69, 9.17) is 16.7 Å². The highest BCUT2D eigenvalue weighted by molar-refractivity contribution is 6.24. The van der Waals surface area contributed by atoms with Gasteiger partial charge in [-0.1, -0.05) is 6.08 Å². The number of rotatable bonds is 5. The first-order chi connectivity index (χ1) is 14.0. The third-order valence-electron chi connectivity index (χ3n) is 5.10. The number of carbonyl (C=O) groups excluding carboxylic acids is 1. The van der Waals surface area contributed by atoms with Gasteiger partial charge in [0.2, 0.25) is 5.91 Å². The van der Waals surface area contributed by atoms with Gasteiger partial charge in [0.15, 0.2) is 17.5 Å². The number of anilines is 1. The fourth-order valence-electron chi connectivity index (χ4n) is 3.69. The summed E-state index contributed by atoms with van der Waals surface area (Å²) in [6.07, 6.45) is 6.46. The van der Waals surface area contributed by atoms with E-state index in [1.807, 2.05) is 6.08 Å². The molecule has 4 rings (SSSR count). The molecule has 2 aromatic rings. The Hall–Kier alpha value is -2.52. The molecule has 4 heterocycles. The molecular weight excluding hydrogens is 399 g/mol. The predicted molar refractivity (Wildman–Crippen MR) is 106 cm³/mol. The van der Waals surface area contributed by atoms with Crippen LogP contribution in [-0.4, -0.2) is 68.5 Å². The van der Waals surface area contributed by atoms with Crippen molar-refractivity contribution in [2.45, 2.75) is 30.7 Å². The van der Waals surface area contributed by atoms with Gasteiger partial charge in [0.1, 0.15) is 5.49 Å². The Morgan fingerprint density at radius 3 is 3.17 bits per heavy atom. The number of amides is 1. The molecule has 3 N–H and O–H groups in total. The number of alkyl halides is 1. The Balaban J connectivity index is 1.57. The quantitative estimate of drug-likeness (QED) is 0.608. The summed E-state index contributed by atoms with van der Waals surface area (Å²) in [6.45, 7) is 1.41. The number of nitrogens with one attached hydrogen (secondary N) is 2. The summed E-state index contributed by atoms with van der Waals surface area (Å²) < 4.78 is 14.4. The second-order valence-corrected chi connectivity index (χ2v) is 7.74. The van der Waals surface area contributed by atoms with Crippen molar-refractivity contribution < 1.29 is 14.3 Å². The van der Waals surface area contributed by atoms with Gasteiger partial charge in [0.25, 0.3) is 0 Å². The second-order valence-electron chi connectivity index (χ2n) is 7.17. The number of aromatic nitrogens is 3. The van der Waals surface area contributed by atoms with Crippen molar-refractivity contribution in [2.24, 2.45) is 4.99 Å². The molecule has 1 unspecified atom stereocenters. The summed E-state index contributed by atoms with van der Waals surface area (Å²) in [5.74, 6) is -0.188. The molecule has 1 fully saturated rings. The molecule has 2 atom stereocenters. The van der Waals surface area contributed by atoms with Gasteiger partial charge in [-0.05, 0) is 12.8 Å². The van der Waals surface area contributed by atoms with Crippen LogP contribution in [0, 0.1) is 5.82 Å². The van der Waals surface area contributed by atoms with E-state index < -0.39 is 5.82 Å². The third-order valence-corrected chi connectivity index (χ3v) is 5.36. The number of aliphatic hydroxyl groups excluding tert-OH is 1. The first kappa shape index (κ1) is 19.8. The molecule has 0 bridgehead atoms. The van der Waals surface area contributed by atoms with E-state index in [9.17, 15) is 9.18 Å². The molecule has 2 aliphatic heterocycles. The fourth-order valence-corrected chi connectivity index (χ4v) is 3.88. The average molecular weight is 421 g/mol. The summed E-state index contributed by atoms with van der Waals surface area (Å²) in [4.78, 5) is 29.7. The van der Waals surface area contributed by atoms with Crippen molar-refractivity contribution in [1.29, 1.82) is 0 Å². The Morgan fingerprint density at radius 2 is 2.34 bits per heavy atom. The van der Waals surface area contributed by atoms with E-state index in [0.717, 1.165) is 24.3 Å². The van der Waals surface area contributed by atoms with E-state index in [0.29, 0.717) is 36.5 Å². The molecule has 1 saturated heterocycles. The standard InChI is InChI=1S/C19H22ClFN6O2/c20-11-6-13-14(8-23-17(13)22-7-11)18-24-9-15(21)19(26-18)25-12-2-1-4-27(10-12)16(29)3-5-28/h6,8-9,11-12,28H,1-5,7,10H2,(H,22,23)(H,24,25,26)/t11?,12-/m0/s1. The second kappa shape index (κ2) is 8.46. The van der Waals surface area contributed by atoms with E-state index in [-0.39, 0.29) is 36.2 Å². The first-order valence-corrected chi connectivity index (χ1v) is 10.0. The highest BCUT2D eigenvalue weighted by Gasteiger charge is 2.24. The van der Waals surface area contributed by atoms with Crippen LogP contribution in [0.4, 0.5) is 10.2 Å². The van der Waals surface area contributed by atoms with Crippen LogP contribution in [0.1, 0.15) is 19.3 Å². The lowest BCUT2D eigenvalue weighted by molar-refractivity contribution is -0.132. The summed E-state index contributed by atoms with van der Waals surface area (Å²) in [5, 5.41) is 12.7. The zero-order valence-electron chi connectivity index (χ0n) is 15.7. The van der Waals surface area contributed by atoms with Crippen LogP contribution in [-0.2, 0) is 4.79 Å². The number of hydrogen-bond acceptors (Lipinski definition) is 6. The number of likely N-dealkylation sites (tertiary alicyclic amines) is 1. The Bertz CT molecular complexity index is 1030. The lowest BCUT2D eigenvalue weighted by atomic mass is 10.1. The minimum absolute atomic E-state index is 0.0977. The smallest absolute Gasteiger partial charge is 0.224 e. The molecular formula is C19H22ClFN6O2. The van der Waals surface area contributed by atoms with Crippen LogP contribution in [0.15, 0.2) is 17.4 Å². The Morgan fingerprint density at radius 1 is 1.48 bits per heavy atom. The monoisotopic (exact) mass is 420 g/mol. The molecule has 0 radical (unpaired) electrons. The molecule has 10 heteroatoms. The summed E-state index contributed by atoms with van der Waals surface area (Å²) in [6, 6.07) is -0.127. The lowest BCUT2D eigenvalue weighted by Gasteiger charge is -2.33. The van der Waals surface area contributed by atoms with Crippen LogP contribution < -0.4 is 16.0 Å². The van der Waals surface area contributed by atoms with Crippen molar-refractivity contribution in [1.82, 2.24) is 19.9 Å². The number of halogens is 2. The molecule has 0 saturated carbocycles. The van der Waals surface area contributed by atoms with Crippen LogP contribution in [0.25, 0.3) is 17.5 Å². The van der Waals surface area contributed by atoms with Crippen LogP contribution >= 0.6 is 11.6 Å². The van der Waals surface area contributed by atoms with Gasteiger partial charge in [0.05, 0.1) is 24.7 Å². The largest absolute Gasteiger partial charge is 0.396 e. The zero-order chi connectivity index (χ0) is 20.4. The SMILES string of the molecule is O=C(CCO)N1CCC[C@H](Nc2nc(-c3c[nH]c4c3=CC(Cl)CN=4)ncc2F)C1. The number of fused-ring (bicyclic) bond motifs is 1. The average Bonchev–Trinajstić information content (AvgIpc) is 3.13. The maximum Gasteiger partial charge on any atom is 0.224 e. The summed E-state index contributed by atoms with van der Waals surface area (Å²) in [7, 11) is 0. The third kappa shape index (κ3) is 4.25.